The van der Waals surface area contributed by atoms with E-state index in [4.69, 9.17) is 12.2 Å². The molecular weight excluding hydrogens is 422 g/mol. The van der Waals surface area contributed by atoms with Gasteiger partial charge in [-0.2, -0.15) is 5.26 Å². The number of anilines is 2. The molecule has 152 valence electrons. The normalized spacial score (nSPS) is 16.8. The standard InChI is InChI=1S/C25H19N3OS2/c1-31-23(30)25(18-26)22-15-9-8-10-19(22)16-17-27(25)24(29)28(20-11-4-2-5-12-20)21-13-6-3-7-14-21/h2-17H,1H3. The van der Waals surface area contributed by atoms with Crippen molar-refractivity contribution in [2.24, 2.45) is 0 Å². The summed E-state index contributed by atoms with van der Waals surface area (Å²) in [7, 11) is 0. The molecule has 4 nitrogen and oxygen atoms in total. The fourth-order valence-electron chi connectivity index (χ4n) is 3.72. The van der Waals surface area contributed by atoms with Gasteiger partial charge in [0.05, 0.1) is 15.6 Å². The fraction of sp³-hybridized carbons (Fsp3) is 0.0800. The Morgan fingerprint density at radius 1 is 0.968 bits per heavy atom. The highest BCUT2D eigenvalue weighted by Crippen LogP contribution is 2.41. The van der Waals surface area contributed by atoms with Crippen molar-refractivity contribution in [2.75, 3.05) is 11.2 Å². The van der Waals surface area contributed by atoms with Gasteiger partial charge in [0.2, 0.25) is 5.54 Å². The van der Waals surface area contributed by atoms with Crippen LogP contribution in [0.2, 0.25) is 0 Å². The molecule has 1 aliphatic heterocycles. The molecule has 0 bridgehead atoms. The lowest BCUT2D eigenvalue weighted by Crippen LogP contribution is -2.54. The third kappa shape index (κ3) is 3.52. The van der Waals surface area contributed by atoms with E-state index in [1.54, 1.807) is 11.1 Å². The van der Waals surface area contributed by atoms with Gasteiger partial charge in [-0.15, -0.1) is 11.8 Å². The van der Waals surface area contributed by atoms with E-state index in [1.165, 1.54) is 16.7 Å². The van der Waals surface area contributed by atoms with Crippen molar-refractivity contribution in [2.45, 2.75) is 5.54 Å². The summed E-state index contributed by atoms with van der Waals surface area (Å²) in [5, 5.41) is 10.4. The average Bonchev–Trinajstić information content (AvgIpc) is 2.84. The van der Waals surface area contributed by atoms with Crippen LogP contribution in [0, 0.1) is 11.3 Å². The Kier molecular flexibility index (Phi) is 5.90. The van der Waals surface area contributed by atoms with E-state index in [0.29, 0.717) is 21.1 Å². The van der Waals surface area contributed by atoms with Gasteiger partial charge >= 0.3 is 6.03 Å². The summed E-state index contributed by atoms with van der Waals surface area (Å²) < 4.78 is 0.418. The number of rotatable bonds is 3. The monoisotopic (exact) mass is 441 g/mol. The van der Waals surface area contributed by atoms with Gasteiger partial charge in [-0.3, -0.25) is 9.80 Å². The highest BCUT2D eigenvalue weighted by molar-refractivity contribution is 8.22. The number of nitrogens with zero attached hydrogens (tertiary/aromatic N) is 3. The second-order valence-electron chi connectivity index (χ2n) is 6.88. The van der Waals surface area contributed by atoms with Crippen LogP contribution in [0.4, 0.5) is 16.2 Å². The number of benzene rings is 3. The number of amides is 2. The summed E-state index contributed by atoms with van der Waals surface area (Å²) in [6, 6.07) is 28.4. The number of hydrogen-bond acceptors (Lipinski definition) is 4. The molecule has 31 heavy (non-hydrogen) atoms. The van der Waals surface area contributed by atoms with Crippen LogP contribution >= 0.6 is 24.0 Å². The first-order valence-electron chi connectivity index (χ1n) is 9.64. The Morgan fingerprint density at radius 2 is 1.52 bits per heavy atom. The second-order valence-corrected chi connectivity index (χ2v) is 8.36. The predicted molar refractivity (Wildman–Crippen MR) is 131 cm³/mol. The molecule has 0 aliphatic carbocycles. The maximum atomic E-state index is 14.1. The molecule has 1 heterocycles. The molecular formula is C25H19N3OS2. The Hall–Kier alpha value is -3.40. The average molecular weight is 442 g/mol. The number of thioether (sulfide) groups is 1. The summed E-state index contributed by atoms with van der Waals surface area (Å²) >= 11 is 6.98. The maximum absolute atomic E-state index is 14.1. The number of fused-ring (bicyclic) bond motifs is 1. The maximum Gasteiger partial charge on any atom is 0.335 e. The highest BCUT2D eigenvalue weighted by atomic mass is 32.2. The summed E-state index contributed by atoms with van der Waals surface area (Å²) in [5.41, 5.74) is 1.57. The van der Waals surface area contributed by atoms with Gasteiger partial charge in [0, 0.05) is 11.8 Å². The number of carbonyl (C=O) groups excluding carboxylic acids is 1. The Morgan fingerprint density at radius 3 is 2.06 bits per heavy atom. The van der Waals surface area contributed by atoms with Crippen molar-refractivity contribution >= 4 is 51.7 Å². The first kappa shape index (κ1) is 20.9. The van der Waals surface area contributed by atoms with Crippen LogP contribution in [0.25, 0.3) is 6.08 Å². The lowest BCUT2D eigenvalue weighted by atomic mass is 9.85. The van der Waals surface area contributed by atoms with Crippen molar-refractivity contribution in [3.8, 4) is 6.07 Å². The summed E-state index contributed by atoms with van der Waals surface area (Å²) in [6.07, 6.45) is 5.34. The molecule has 4 rings (SSSR count). The number of para-hydroxylation sites is 2. The molecule has 0 fully saturated rings. The third-order valence-electron chi connectivity index (χ3n) is 5.18. The van der Waals surface area contributed by atoms with Gasteiger partial charge in [0.15, 0.2) is 0 Å². The second kappa shape index (κ2) is 8.76. The topological polar surface area (TPSA) is 47.3 Å². The molecule has 0 saturated carbocycles. The lowest BCUT2D eigenvalue weighted by molar-refractivity contribution is 0.208. The third-order valence-corrected chi connectivity index (χ3v) is 6.65. The van der Waals surface area contributed by atoms with Gasteiger partial charge in [-0.05, 0) is 42.2 Å². The number of nitriles is 1. The van der Waals surface area contributed by atoms with Crippen molar-refractivity contribution in [1.29, 1.82) is 5.26 Å². The summed E-state index contributed by atoms with van der Waals surface area (Å²) in [6.45, 7) is 0. The van der Waals surface area contributed by atoms with E-state index in [1.807, 2.05) is 97.3 Å². The lowest BCUT2D eigenvalue weighted by Gasteiger charge is -2.42. The first-order chi connectivity index (χ1) is 15.1. The van der Waals surface area contributed by atoms with Crippen molar-refractivity contribution in [3.05, 3.63) is 102 Å². The zero-order valence-corrected chi connectivity index (χ0v) is 18.4. The summed E-state index contributed by atoms with van der Waals surface area (Å²) in [4.78, 5) is 17.1. The van der Waals surface area contributed by atoms with Gasteiger partial charge in [-0.25, -0.2) is 4.79 Å². The Labute approximate surface area is 191 Å². The molecule has 0 N–H and O–H groups in total. The van der Waals surface area contributed by atoms with Crippen LogP contribution in [-0.4, -0.2) is 21.4 Å². The molecule has 0 aromatic heterocycles. The SMILES string of the molecule is CSC(=S)C1(C#N)c2ccccc2C=CN1C(=O)N(c1ccccc1)c1ccccc1. The van der Waals surface area contributed by atoms with E-state index in [0.717, 1.165) is 5.56 Å². The van der Waals surface area contributed by atoms with Gasteiger partial charge < -0.3 is 0 Å². The molecule has 0 radical (unpaired) electrons. The van der Waals surface area contributed by atoms with E-state index in [-0.39, 0.29) is 6.03 Å². The van der Waals surface area contributed by atoms with Crippen LogP contribution in [0.15, 0.2) is 91.1 Å². The van der Waals surface area contributed by atoms with Gasteiger partial charge in [-0.1, -0.05) is 72.9 Å². The van der Waals surface area contributed by atoms with Crippen LogP contribution in [0.1, 0.15) is 11.1 Å². The molecule has 1 aliphatic rings. The van der Waals surface area contributed by atoms with E-state index in [2.05, 4.69) is 6.07 Å². The highest BCUT2D eigenvalue weighted by Gasteiger charge is 2.49. The van der Waals surface area contributed by atoms with Gasteiger partial charge in [0.25, 0.3) is 0 Å². The molecule has 1 atom stereocenters. The zero-order valence-electron chi connectivity index (χ0n) is 16.8. The fourth-order valence-corrected chi connectivity index (χ4v) is 4.53. The zero-order chi connectivity index (χ0) is 21.8. The first-order valence-corrected chi connectivity index (χ1v) is 11.3. The molecule has 0 spiro atoms. The quantitative estimate of drug-likeness (QED) is 0.445. The van der Waals surface area contributed by atoms with Crippen LogP contribution < -0.4 is 4.90 Å². The smallest absolute Gasteiger partial charge is 0.272 e. The number of carbonyl (C=O) groups is 1. The Bertz CT molecular complexity index is 1150. The summed E-state index contributed by atoms with van der Waals surface area (Å²) in [5.74, 6) is 0. The Balaban J connectivity index is 1.91. The van der Waals surface area contributed by atoms with Crippen LogP contribution in [0.5, 0.6) is 0 Å². The predicted octanol–water partition coefficient (Wildman–Crippen LogP) is 6.34. The molecule has 6 heteroatoms. The van der Waals surface area contributed by atoms with E-state index < -0.39 is 5.54 Å². The van der Waals surface area contributed by atoms with Crippen molar-refractivity contribution in [3.63, 3.8) is 0 Å². The minimum atomic E-state index is -1.40. The number of urea groups is 1. The van der Waals surface area contributed by atoms with Gasteiger partial charge in [0.1, 0.15) is 6.07 Å². The molecule has 3 aromatic rings. The molecule has 0 saturated heterocycles. The number of thiocarbonyl (C=S) groups is 1. The van der Waals surface area contributed by atoms with E-state index in [9.17, 15) is 10.1 Å². The minimum Gasteiger partial charge on any atom is -0.272 e. The largest absolute Gasteiger partial charge is 0.335 e. The minimum absolute atomic E-state index is 0.360. The molecule has 2 amide bonds. The van der Waals surface area contributed by atoms with Crippen molar-refractivity contribution in [1.82, 2.24) is 4.90 Å². The molecule has 1 unspecified atom stereocenters. The van der Waals surface area contributed by atoms with Crippen molar-refractivity contribution < 1.29 is 4.79 Å². The van der Waals surface area contributed by atoms with Crippen LogP contribution in [-0.2, 0) is 5.54 Å². The van der Waals surface area contributed by atoms with Crippen LogP contribution in [0.3, 0.4) is 0 Å². The molecule has 3 aromatic carbocycles. The number of hydrogen-bond donors (Lipinski definition) is 0. The van der Waals surface area contributed by atoms with E-state index >= 15 is 0 Å².